The molecule has 2 aromatic rings. The summed E-state index contributed by atoms with van der Waals surface area (Å²) in [6.45, 7) is 9.08. The summed E-state index contributed by atoms with van der Waals surface area (Å²) in [5, 5.41) is 0. The van der Waals surface area contributed by atoms with Crippen LogP contribution in [0, 0.1) is 6.92 Å². The molecule has 0 spiro atoms. The van der Waals surface area contributed by atoms with E-state index in [1.807, 2.05) is 18.2 Å². The fourth-order valence-electron chi connectivity index (χ4n) is 2.45. The Balaban J connectivity index is 2.27. The molecule has 2 N–H and O–H groups in total. The van der Waals surface area contributed by atoms with Crippen LogP contribution in [0.25, 0.3) is 0 Å². The molecule has 3 nitrogen and oxygen atoms in total. The summed E-state index contributed by atoms with van der Waals surface area (Å²) >= 11 is 0. The molecule has 0 saturated heterocycles. The molecule has 0 atom stereocenters. The molecule has 0 radical (unpaired) electrons. The van der Waals surface area contributed by atoms with Gasteiger partial charge in [0.1, 0.15) is 5.75 Å². The maximum Gasteiger partial charge on any atom is 0.219 e. The third-order valence-electron chi connectivity index (χ3n) is 3.60. The van der Waals surface area contributed by atoms with Gasteiger partial charge in [-0.25, -0.2) is 4.98 Å². The number of aryl methyl sites for hydroxylation is 2. The maximum atomic E-state index is 5.91. The van der Waals surface area contributed by atoms with Gasteiger partial charge in [-0.3, -0.25) is 0 Å². The molecule has 21 heavy (non-hydrogen) atoms. The molecule has 0 aliphatic rings. The Bertz CT molecular complexity index is 598. The van der Waals surface area contributed by atoms with Crippen LogP contribution < -0.4 is 10.5 Å². The fourth-order valence-corrected chi connectivity index (χ4v) is 2.45. The van der Waals surface area contributed by atoms with E-state index in [4.69, 9.17) is 10.5 Å². The second kappa shape index (κ2) is 6.72. The average Bonchev–Trinajstić information content (AvgIpc) is 2.46. The number of ether oxygens (including phenoxy) is 1. The van der Waals surface area contributed by atoms with E-state index in [0.29, 0.717) is 18.3 Å². The van der Waals surface area contributed by atoms with Crippen molar-refractivity contribution in [2.24, 2.45) is 5.73 Å². The predicted octanol–water partition coefficient (Wildman–Crippen LogP) is 4.33. The van der Waals surface area contributed by atoms with Crippen LogP contribution in [0.5, 0.6) is 11.6 Å². The summed E-state index contributed by atoms with van der Waals surface area (Å²) < 4.78 is 5.91. The standard InChI is InChI=1S/C18H24N2O/c1-5-15-9-14(11-19)10-18(20-15)21-16-6-7-17(12(2)3)13(4)8-16/h6-10,12H,5,11,19H2,1-4H3. The van der Waals surface area contributed by atoms with Crippen molar-refractivity contribution in [1.82, 2.24) is 4.98 Å². The lowest BCUT2D eigenvalue weighted by Crippen LogP contribution is -2.01. The minimum atomic E-state index is 0.497. The molecule has 1 heterocycles. The fraction of sp³-hybridized carbons (Fsp3) is 0.389. The Labute approximate surface area is 127 Å². The number of nitrogens with two attached hydrogens (primary N) is 1. The normalized spacial score (nSPS) is 11.0. The lowest BCUT2D eigenvalue weighted by atomic mass is 9.98. The van der Waals surface area contributed by atoms with E-state index in [9.17, 15) is 0 Å². The first-order chi connectivity index (χ1) is 10.0. The minimum Gasteiger partial charge on any atom is -0.439 e. The SMILES string of the molecule is CCc1cc(CN)cc(Oc2ccc(C(C)C)c(C)c2)n1. The highest BCUT2D eigenvalue weighted by Gasteiger charge is 2.07. The van der Waals surface area contributed by atoms with Crippen molar-refractivity contribution in [1.29, 1.82) is 0 Å². The highest BCUT2D eigenvalue weighted by molar-refractivity contribution is 5.38. The van der Waals surface area contributed by atoms with Gasteiger partial charge in [0.15, 0.2) is 0 Å². The Hall–Kier alpha value is -1.87. The van der Waals surface area contributed by atoms with Gasteiger partial charge in [0, 0.05) is 18.3 Å². The van der Waals surface area contributed by atoms with Gasteiger partial charge in [0.05, 0.1) is 0 Å². The number of nitrogens with zero attached hydrogens (tertiary/aromatic N) is 1. The topological polar surface area (TPSA) is 48.1 Å². The van der Waals surface area contributed by atoms with Crippen LogP contribution >= 0.6 is 0 Å². The molecule has 1 aromatic heterocycles. The maximum absolute atomic E-state index is 5.91. The van der Waals surface area contributed by atoms with Crippen LogP contribution in [-0.4, -0.2) is 4.98 Å². The van der Waals surface area contributed by atoms with Crippen molar-refractivity contribution in [2.45, 2.75) is 46.6 Å². The van der Waals surface area contributed by atoms with E-state index in [0.717, 1.165) is 23.4 Å². The van der Waals surface area contributed by atoms with Crippen molar-refractivity contribution >= 4 is 0 Å². The van der Waals surface area contributed by atoms with Crippen molar-refractivity contribution in [2.75, 3.05) is 0 Å². The number of hydrogen-bond acceptors (Lipinski definition) is 3. The van der Waals surface area contributed by atoms with Crippen molar-refractivity contribution in [3.8, 4) is 11.6 Å². The van der Waals surface area contributed by atoms with Crippen molar-refractivity contribution in [3.63, 3.8) is 0 Å². The number of hydrogen-bond donors (Lipinski definition) is 1. The van der Waals surface area contributed by atoms with Crippen LogP contribution in [-0.2, 0) is 13.0 Å². The summed E-state index contributed by atoms with van der Waals surface area (Å²) in [5.41, 5.74) is 10.4. The first-order valence-electron chi connectivity index (χ1n) is 7.51. The summed E-state index contributed by atoms with van der Waals surface area (Å²) in [6.07, 6.45) is 0.871. The van der Waals surface area contributed by atoms with Crippen LogP contribution in [0.2, 0.25) is 0 Å². The Kier molecular flexibility index (Phi) is 4.97. The first kappa shape index (κ1) is 15.5. The molecule has 112 valence electrons. The third-order valence-corrected chi connectivity index (χ3v) is 3.60. The molecule has 1 aromatic carbocycles. The first-order valence-corrected chi connectivity index (χ1v) is 7.51. The summed E-state index contributed by atoms with van der Waals surface area (Å²) in [4.78, 5) is 4.50. The van der Waals surface area contributed by atoms with E-state index in [1.54, 1.807) is 0 Å². The van der Waals surface area contributed by atoms with E-state index >= 15 is 0 Å². The predicted molar refractivity (Wildman–Crippen MR) is 86.8 cm³/mol. The molecule has 0 fully saturated rings. The molecule has 0 saturated carbocycles. The monoisotopic (exact) mass is 284 g/mol. The Morgan fingerprint density at radius 1 is 1.19 bits per heavy atom. The van der Waals surface area contributed by atoms with Gasteiger partial charge in [0.25, 0.3) is 0 Å². The molecular weight excluding hydrogens is 260 g/mol. The lowest BCUT2D eigenvalue weighted by molar-refractivity contribution is 0.459. The lowest BCUT2D eigenvalue weighted by Gasteiger charge is -2.13. The van der Waals surface area contributed by atoms with Crippen molar-refractivity contribution < 1.29 is 4.74 Å². The molecule has 0 aliphatic heterocycles. The molecule has 0 aliphatic carbocycles. The second-order valence-electron chi connectivity index (χ2n) is 5.64. The van der Waals surface area contributed by atoms with Gasteiger partial charge < -0.3 is 10.5 Å². The van der Waals surface area contributed by atoms with Crippen LogP contribution in [0.15, 0.2) is 30.3 Å². The zero-order chi connectivity index (χ0) is 15.4. The van der Waals surface area contributed by atoms with E-state index in [1.165, 1.54) is 11.1 Å². The number of aromatic nitrogens is 1. The zero-order valence-corrected chi connectivity index (χ0v) is 13.3. The summed E-state index contributed by atoms with van der Waals surface area (Å²) in [7, 11) is 0. The number of rotatable bonds is 5. The number of pyridine rings is 1. The van der Waals surface area contributed by atoms with Gasteiger partial charge in [-0.1, -0.05) is 26.8 Å². The van der Waals surface area contributed by atoms with Gasteiger partial charge in [-0.15, -0.1) is 0 Å². The van der Waals surface area contributed by atoms with Crippen molar-refractivity contribution in [3.05, 3.63) is 52.7 Å². The average molecular weight is 284 g/mol. The van der Waals surface area contributed by atoms with Crippen LogP contribution in [0.1, 0.15) is 49.1 Å². The molecule has 3 heteroatoms. The second-order valence-corrected chi connectivity index (χ2v) is 5.64. The smallest absolute Gasteiger partial charge is 0.219 e. The number of benzene rings is 1. The molecule has 2 rings (SSSR count). The third kappa shape index (κ3) is 3.82. The van der Waals surface area contributed by atoms with E-state index < -0.39 is 0 Å². The highest BCUT2D eigenvalue weighted by Crippen LogP contribution is 2.27. The van der Waals surface area contributed by atoms with E-state index in [2.05, 4.69) is 44.8 Å². The van der Waals surface area contributed by atoms with Crippen LogP contribution in [0.4, 0.5) is 0 Å². The zero-order valence-electron chi connectivity index (χ0n) is 13.3. The summed E-state index contributed by atoms with van der Waals surface area (Å²) in [5.74, 6) is 1.96. The summed E-state index contributed by atoms with van der Waals surface area (Å²) in [6, 6.07) is 10.1. The van der Waals surface area contributed by atoms with E-state index in [-0.39, 0.29) is 0 Å². The minimum absolute atomic E-state index is 0.497. The quantitative estimate of drug-likeness (QED) is 0.889. The molecule has 0 amide bonds. The van der Waals surface area contributed by atoms with Gasteiger partial charge in [0.2, 0.25) is 5.88 Å². The van der Waals surface area contributed by atoms with Gasteiger partial charge in [-0.05, 0) is 54.2 Å². The van der Waals surface area contributed by atoms with Crippen LogP contribution in [0.3, 0.4) is 0 Å². The van der Waals surface area contributed by atoms with Gasteiger partial charge >= 0.3 is 0 Å². The molecule has 0 bridgehead atoms. The van der Waals surface area contributed by atoms with Gasteiger partial charge in [-0.2, -0.15) is 0 Å². The molecular formula is C18H24N2O. The Morgan fingerprint density at radius 2 is 1.95 bits per heavy atom. The Morgan fingerprint density at radius 3 is 2.52 bits per heavy atom. The molecule has 0 unspecified atom stereocenters. The largest absolute Gasteiger partial charge is 0.439 e. The highest BCUT2D eigenvalue weighted by atomic mass is 16.5.